The van der Waals surface area contributed by atoms with E-state index >= 15 is 0 Å². The minimum absolute atomic E-state index is 0.0441. The molecule has 0 spiro atoms. The molecule has 0 atom stereocenters. The molecule has 0 saturated carbocycles. The summed E-state index contributed by atoms with van der Waals surface area (Å²) in [5.41, 5.74) is 8.30. The average Bonchev–Trinajstić information content (AvgIpc) is 3.04. The number of nitrogens with two attached hydrogens (primary N) is 1. The van der Waals surface area contributed by atoms with Crippen molar-refractivity contribution in [1.29, 1.82) is 0 Å². The van der Waals surface area contributed by atoms with Gasteiger partial charge in [0, 0.05) is 23.2 Å². The number of primary amides is 1. The molecule has 30 heavy (non-hydrogen) atoms. The van der Waals surface area contributed by atoms with Crippen LogP contribution in [-0.2, 0) is 22.4 Å². The number of pyridine rings is 1. The van der Waals surface area contributed by atoms with Gasteiger partial charge in [-0.1, -0.05) is 37.6 Å². The number of carbonyl (C=O) groups is 3. The molecule has 156 valence electrons. The number of nitrogens with zero attached hydrogens (tertiary/aromatic N) is 1. The molecule has 2 N–H and O–H groups in total. The Morgan fingerprint density at radius 2 is 1.87 bits per heavy atom. The van der Waals surface area contributed by atoms with Crippen molar-refractivity contribution in [3.8, 4) is 5.75 Å². The predicted octanol–water partition coefficient (Wildman–Crippen LogP) is 3.77. The number of Topliss-reactive ketones (excluding diaryl/α,β-unsaturated/α-hetero) is 1. The van der Waals surface area contributed by atoms with E-state index in [1.165, 1.54) is 0 Å². The van der Waals surface area contributed by atoms with E-state index in [0.29, 0.717) is 46.0 Å². The summed E-state index contributed by atoms with van der Waals surface area (Å²) in [6.45, 7) is 3.59. The van der Waals surface area contributed by atoms with Crippen molar-refractivity contribution in [3.05, 3.63) is 70.0 Å². The molecule has 0 aliphatic carbocycles. The lowest BCUT2D eigenvalue weighted by molar-refractivity contribution is -0.120. The first kappa shape index (κ1) is 21.6. The highest BCUT2D eigenvalue weighted by Gasteiger charge is 2.26. The van der Waals surface area contributed by atoms with Crippen LogP contribution in [0.25, 0.3) is 5.52 Å². The van der Waals surface area contributed by atoms with Crippen molar-refractivity contribution >= 4 is 34.6 Å². The Labute approximate surface area is 179 Å². The summed E-state index contributed by atoms with van der Waals surface area (Å²) in [5.74, 6) is -0.360. The first-order chi connectivity index (χ1) is 14.4. The lowest BCUT2D eigenvalue weighted by atomic mass is 9.99. The van der Waals surface area contributed by atoms with Crippen LogP contribution in [0.1, 0.15) is 47.4 Å². The van der Waals surface area contributed by atoms with Crippen LogP contribution in [0.4, 0.5) is 0 Å². The highest BCUT2D eigenvalue weighted by molar-refractivity contribution is 6.31. The SMILES string of the molecule is CCC(=O)COc1cccn2c(C(=O)c3cccc(Cl)c3)c(CC)c(CC(N)=O)c12. The van der Waals surface area contributed by atoms with Crippen LogP contribution < -0.4 is 10.5 Å². The van der Waals surface area contributed by atoms with Crippen molar-refractivity contribution in [3.63, 3.8) is 0 Å². The van der Waals surface area contributed by atoms with Crippen molar-refractivity contribution < 1.29 is 19.1 Å². The third-order valence-electron chi connectivity index (χ3n) is 4.92. The Bertz CT molecular complexity index is 1130. The topological polar surface area (TPSA) is 90.9 Å². The van der Waals surface area contributed by atoms with Crippen LogP contribution >= 0.6 is 11.6 Å². The van der Waals surface area contributed by atoms with Crippen molar-refractivity contribution in [2.45, 2.75) is 33.1 Å². The van der Waals surface area contributed by atoms with Gasteiger partial charge in [0.2, 0.25) is 11.7 Å². The van der Waals surface area contributed by atoms with Gasteiger partial charge in [0.25, 0.3) is 0 Å². The van der Waals surface area contributed by atoms with E-state index in [2.05, 4.69) is 0 Å². The maximum Gasteiger partial charge on any atom is 0.221 e. The number of benzene rings is 1. The first-order valence-corrected chi connectivity index (χ1v) is 10.1. The van der Waals surface area contributed by atoms with Gasteiger partial charge in [-0.3, -0.25) is 14.4 Å². The molecule has 0 radical (unpaired) electrons. The number of carbonyl (C=O) groups excluding carboxylic acids is 3. The van der Waals surface area contributed by atoms with Gasteiger partial charge in [-0.2, -0.15) is 0 Å². The van der Waals surface area contributed by atoms with Gasteiger partial charge in [-0.25, -0.2) is 0 Å². The quantitative estimate of drug-likeness (QED) is 0.527. The van der Waals surface area contributed by atoms with Crippen LogP contribution in [-0.4, -0.2) is 28.5 Å². The first-order valence-electron chi connectivity index (χ1n) is 9.75. The van der Waals surface area contributed by atoms with Gasteiger partial charge in [0.15, 0.2) is 5.78 Å². The minimum Gasteiger partial charge on any atom is -0.484 e. The monoisotopic (exact) mass is 426 g/mol. The number of rotatable bonds is 9. The Morgan fingerprint density at radius 3 is 2.50 bits per heavy atom. The van der Waals surface area contributed by atoms with Crippen molar-refractivity contribution in [2.75, 3.05) is 6.61 Å². The molecule has 0 unspecified atom stereocenters. The number of amides is 1. The lowest BCUT2D eigenvalue weighted by Crippen LogP contribution is -2.15. The molecule has 0 saturated heterocycles. The Hall–Kier alpha value is -3.12. The van der Waals surface area contributed by atoms with Gasteiger partial charge in [-0.05, 0) is 41.8 Å². The number of hydrogen-bond acceptors (Lipinski definition) is 4. The third-order valence-corrected chi connectivity index (χ3v) is 5.16. The number of halogens is 1. The Balaban J connectivity index is 2.25. The predicted molar refractivity (Wildman–Crippen MR) is 115 cm³/mol. The molecule has 0 bridgehead atoms. The summed E-state index contributed by atoms with van der Waals surface area (Å²) in [6, 6.07) is 10.2. The molecule has 0 aliphatic heterocycles. The molecule has 0 aliphatic rings. The fraction of sp³-hybridized carbons (Fsp3) is 0.261. The van der Waals surface area contributed by atoms with Crippen LogP contribution in [0.3, 0.4) is 0 Å². The zero-order chi connectivity index (χ0) is 21.8. The van der Waals surface area contributed by atoms with Crippen molar-refractivity contribution in [2.24, 2.45) is 5.73 Å². The second-order valence-corrected chi connectivity index (χ2v) is 7.35. The number of ether oxygens (including phenoxy) is 1. The molecule has 6 nitrogen and oxygen atoms in total. The third kappa shape index (κ3) is 4.24. The number of fused-ring (bicyclic) bond motifs is 1. The molecular weight excluding hydrogens is 404 g/mol. The summed E-state index contributed by atoms with van der Waals surface area (Å²) in [7, 11) is 0. The lowest BCUT2D eigenvalue weighted by Gasteiger charge is -2.09. The fourth-order valence-electron chi connectivity index (χ4n) is 3.54. The largest absolute Gasteiger partial charge is 0.484 e. The molecule has 2 aromatic heterocycles. The van der Waals surface area contributed by atoms with Crippen LogP contribution in [0.2, 0.25) is 5.02 Å². The smallest absolute Gasteiger partial charge is 0.221 e. The van der Waals surface area contributed by atoms with Gasteiger partial charge in [0.1, 0.15) is 12.4 Å². The zero-order valence-corrected chi connectivity index (χ0v) is 17.7. The van der Waals surface area contributed by atoms with Gasteiger partial charge >= 0.3 is 0 Å². The van der Waals surface area contributed by atoms with Crippen LogP contribution in [0, 0.1) is 0 Å². The van der Waals surface area contributed by atoms with E-state index in [9.17, 15) is 14.4 Å². The molecular formula is C23H23ClN2O4. The standard InChI is InChI=1S/C23H23ClN2O4/c1-3-16(27)13-30-19-9-6-10-26-21(19)18(12-20(25)28)17(4-2)22(26)23(29)14-7-5-8-15(24)11-14/h5-11H,3-4,12-13H2,1-2H3,(H2,25,28). The van der Waals surface area contributed by atoms with Gasteiger partial charge in [-0.15, -0.1) is 0 Å². The number of hydrogen-bond donors (Lipinski definition) is 1. The van der Waals surface area contributed by atoms with Crippen molar-refractivity contribution in [1.82, 2.24) is 4.40 Å². The Morgan fingerprint density at radius 1 is 1.10 bits per heavy atom. The summed E-state index contributed by atoms with van der Waals surface area (Å²) in [6.07, 6.45) is 2.57. The second-order valence-electron chi connectivity index (χ2n) is 6.91. The van der Waals surface area contributed by atoms with Crippen LogP contribution in [0.15, 0.2) is 42.6 Å². The summed E-state index contributed by atoms with van der Waals surface area (Å²) < 4.78 is 7.47. The Kier molecular flexibility index (Phi) is 6.57. The fourth-order valence-corrected chi connectivity index (χ4v) is 3.73. The summed E-state index contributed by atoms with van der Waals surface area (Å²) >= 11 is 6.08. The normalized spacial score (nSPS) is 10.9. The molecule has 3 aromatic rings. The van der Waals surface area contributed by atoms with E-state index in [-0.39, 0.29) is 24.6 Å². The average molecular weight is 427 g/mol. The van der Waals surface area contributed by atoms with E-state index in [1.807, 2.05) is 6.92 Å². The molecule has 0 fully saturated rings. The summed E-state index contributed by atoms with van der Waals surface area (Å²) in [5, 5.41) is 0.458. The highest BCUT2D eigenvalue weighted by atomic mass is 35.5. The van der Waals surface area contributed by atoms with E-state index in [4.69, 9.17) is 22.1 Å². The molecule has 2 heterocycles. The zero-order valence-electron chi connectivity index (χ0n) is 16.9. The van der Waals surface area contributed by atoms with E-state index in [0.717, 1.165) is 5.56 Å². The molecule has 3 rings (SSSR count). The maximum absolute atomic E-state index is 13.4. The maximum atomic E-state index is 13.4. The number of aromatic nitrogens is 1. The van der Waals surface area contributed by atoms with E-state index in [1.54, 1.807) is 53.9 Å². The molecule has 7 heteroatoms. The molecule has 1 amide bonds. The highest BCUT2D eigenvalue weighted by Crippen LogP contribution is 2.33. The molecule has 1 aromatic carbocycles. The van der Waals surface area contributed by atoms with Gasteiger partial charge in [0.05, 0.1) is 17.6 Å². The second kappa shape index (κ2) is 9.13. The van der Waals surface area contributed by atoms with E-state index < -0.39 is 5.91 Å². The number of ketones is 2. The van der Waals surface area contributed by atoms with Crippen LogP contribution in [0.5, 0.6) is 5.75 Å². The minimum atomic E-state index is -0.515. The van der Waals surface area contributed by atoms with Gasteiger partial charge < -0.3 is 14.9 Å². The summed E-state index contributed by atoms with van der Waals surface area (Å²) in [4.78, 5) is 37.0.